The topological polar surface area (TPSA) is 528 Å². The van der Waals surface area contributed by atoms with Crippen molar-refractivity contribution in [3.8, 4) is 5.75 Å². The fourth-order valence-corrected chi connectivity index (χ4v) is 16.3. The second-order valence-corrected chi connectivity index (χ2v) is 32.9. The van der Waals surface area contributed by atoms with Gasteiger partial charge in [-0.25, -0.2) is 4.79 Å². The number of hydrogen-bond acceptors (Lipinski definition) is 23. The number of nitrogens with two attached hydrogens (primary N) is 2. The Kier molecular flexibility index (Phi) is 36.8. The first-order chi connectivity index (χ1) is 55.2. The van der Waals surface area contributed by atoms with Gasteiger partial charge in [0.2, 0.25) is 53.2 Å². The first kappa shape index (κ1) is 93.5. The second kappa shape index (κ2) is 45.7. The summed E-state index contributed by atoms with van der Waals surface area (Å²) >= 11 is 0. The molecule has 2 aromatic carbocycles. The van der Waals surface area contributed by atoms with Crippen LogP contribution in [0.5, 0.6) is 5.75 Å². The van der Waals surface area contributed by atoms with Crippen molar-refractivity contribution in [3.05, 3.63) is 59.2 Å². The molecule has 1 aromatic heterocycles. The predicted octanol–water partition coefficient (Wildman–Crippen LogP) is 1.29. The van der Waals surface area contributed by atoms with E-state index < -0.39 is 218 Å². The quantitative estimate of drug-likeness (QED) is 0.0222. The largest absolute Gasteiger partial charge is 0.494 e. The molecule has 5 heterocycles. The van der Waals surface area contributed by atoms with Crippen LogP contribution in [0.3, 0.4) is 0 Å². The number of nitrogens with zero attached hydrogens (tertiary/aromatic N) is 2. The lowest BCUT2D eigenvalue weighted by molar-refractivity contribution is -0.145. The van der Waals surface area contributed by atoms with Crippen molar-refractivity contribution in [1.29, 1.82) is 0 Å². The number of benzene rings is 2. The van der Waals surface area contributed by atoms with Crippen LogP contribution < -0.4 is 53.4 Å². The van der Waals surface area contributed by atoms with Crippen molar-refractivity contribution >= 4 is 116 Å². The maximum atomic E-state index is 15.3. The van der Waals surface area contributed by atoms with E-state index in [1.807, 2.05) is 13.8 Å². The molecule has 116 heavy (non-hydrogen) atoms. The highest BCUT2D eigenvalue weighted by Gasteiger charge is 2.45. The number of unbranched alkanes of at least 4 members (excludes halogenated alkanes) is 6. The standard InChI is InChI=1S/C81H116N12O22S/c1-7-46(4)73-77(109)87-39-69(103)88-61-44-116(113)78-58(31-51(75(107)86-40-70(104)91-73)32-65(99)74(48(6)67(101)42-94)85-38-66(100)62-36-54(96)41-93(62)80(111)52(33-64(61)98)34-68(82)102)56-25-24-55(37-60(56)90-78)114-28-15-10-8-9-13-19-72(106)115-43-50-22-20-49(21-23-50)30-63(97)59(18-16-26-84-81(83)112)89-76(108)57(45(2)3)35-53(95)17-12-11-14-27-92-71(105)29-47(5)79(92)110/h20-25,37,45-48,51-52,54,57,59,61-62,67,73-74,85,90,94,96,101H,7-19,26-36,38-44H2,1-6H3,(H2,82,102)(H,86,107)(H,87,109)(H,88,103)(H,89,108)(H,91,104)(H3,83,84,112)/t46-,47?,48-,51-,52-,54+,57-,59-,61-,62-,67-,73-,74-,116?/m0/s1. The zero-order valence-corrected chi connectivity index (χ0v) is 67.9. The maximum absolute atomic E-state index is 15.3. The summed E-state index contributed by atoms with van der Waals surface area (Å²) < 4.78 is 27.1. The summed E-state index contributed by atoms with van der Waals surface area (Å²) in [4.78, 5) is 222. The van der Waals surface area contributed by atoms with Crippen LogP contribution in [0.1, 0.15) is 180 Å². The van der Waals surface area contributed by atoms with Crippen molar-refractivity contribution in [3.63, 3.8) is 0 Å². The van der Waals surface area contributed by atoms with E-state index in [4.69, 9.17) is 20.9 Å². The molecule has 34 nitrogen and oxygen atoms in total. The number of ether oxygens (including phenoxy) is 2. The Bertz CT molecular complexity index is 4060. The number of esters is 1. The highest BCUT2D eigenvalue weighted by molar-refractivity contribution is 7.85. The molecule has 0 spiro atoms. The van der Waals surface area contributed by atoms with E-state index in [-0.39, 0.29) is 111 Å². The van der Waals surface area contributed by atoms with Crippen LogP contribution in [-0.2, 0) is 107 Å². The molecule has 15 N–H and O–H groups in total. The number of likely N-dealkylation sites (tertiary alicyclic amines) is 1. The average molecular weight is 1640 g/mol. The van der Waals surface area contributed by atoms with Crippen molar-refractivity contribution < 1.29 is 106 Å². The first-order valence-electron chi connectivity index (χ1n) is 40.3. The van der Waals surface area contributed by atoms with Gasteiger partial charge in [0.25, 0.3) is 0 Å². The number of Topliss-reactive ketones (excluding diaryl/α,β-unsaturated/α-hetero) is 5. The number of rotatable bonds is 36. The average Bonchev–Trinajstić information content (AvgIpc) is 1.63. The molecule has 7 rings (SSSR count). The number of carbonyl (C=O) groups is 16. The Hall–Kier alpha value is -9.71. The highest BCUT2D eigenvalue weighted by Crippen LogP contribution is 2.34. The molecule has 3 aromatic rings. The van der Waals surface area contributed by atoms with Gasteiger partial charge in [0.15, 0.2) is 23.1 Å². The maximum Gasteiger partial charge on any atom is 0.312 e. The molecule has 14 atom stereocenters. The molecular formula is C81H116N12O22S. The molecule has 11 amide bonds. The third-order valence-electron chi connectivity index (χ3n) is 22.0. The summed E-state index contributed by atoms with van der Waals surface area (Å²) in [6.07, 6.45) is 0.469. The molecule has 4 aliphatic rings. The Morgan fingerprint density at radius 2 is 1.41 bits per heavy atom. The minimum Gasteiger partial charge on any atom is -0.494 e. The number of amides is 11. The molecule has 4 aliphatic heterocycles. The van der Waals surface area contributed by atoms with Crippen molar-refractivity contribution in [1.82, 2.24) is 52.0 Å². The highest BCUT2D eigenvalue weighted by atomic mass is 32.2. The van der Waals surface area contributed by atoms with Gasteiger partial charge in [0.05, 0.1) is 97.2 Å². The number of aliphatic hydroxyl groups excluding tert-OH is 3. The van der Waals surface area contributed by atoms with Gasteiger partial charge < -0.3 is 83.4 Å². The van der Waals surface area contributed by atoms with Gasteiger partial charge in [0.1, 0.15) is 29.2 Å². The van der Waals surface area contributed by atoms with Crippen LogP contribution in [0.4, 0.5) is 4.79 Å². The molecule has 2 saturated heterocycles. The van der Waals surface area contributed by atoms with Gasteiger partial charge in [-0.3, -0.25) is 81.0 Å². The number of ketones is 5. The fourth-order valence-electron chi connectivity index (χ4n) is 14.9. The van der Waals surface area contributed by atoms with Crippen molar-refractivity contribution in [2.45, 2.75) is 230 Å². The number of primary amides is 2. The Morgan fingerprint density at radius 1 is 0.741 bits per heavy atom. The van der Waals surface area contributed by atoms with E-state index in [2.05, 4.69) is 42.2 Å². The van der Waals surface area contributed by atoms with Crippen LogP contribution in [0.2, 0.25) is 0 Å². The number of fused-ring (bicyclic) bond motifs is 5. The zero-order chi connectivity index (χ0) is 85.0. The number of urea groups is 1. The van der Waals surface area contributed by atoms with E-state index in [0.29, 0.717) is 92.1 Å². The summed E-state index contributed by atoms with van der Waals surface area (Å²) in [5, 5.41) is 50.7. The summed E-state index contributed by atoms with van der Waals surface area (Å²) in [5.74, 6) is -15.9. The number of hydrogen-bond donors (Lipinski definition) is 13. The molecule has 0 aliphatic carbocycles. The van der Waals surface area contributed by atoms with Gasteiger partial charge in [-0.1, -0.05) is 97.9 Å². The van der Waals surface area contributed by atoms with E-state index in [9.17, 15) is 92.0 Å². The van der Waals surface area contributed by atoms with E-state index in [0.717, 1.165) is 11.3 Å². The SMILES string of the molecule is CC[C@H](C)[C@@H]1NC(=O)CNC(=O)[C@@H]2CC(=O)[C@H]([C@@H](C)[C@@H](O)CO)NCC(=O)[C@@H]3C[C@@H](O)CN3C(=O)[C@H](CC(N)=O)CC(=O)[C@H](CS(=O)c3[nH]c4cc(OCCCCCCCC(=O)OCc5ccc(CC(=O)[C@H](CCCNC(N)=O)NC(=O)[C@@H](CC(=O)CCCCCN6C(=O)CC(C)C6=O)C(C)C)cc5)ccc4c3C2)NC(=O)CNC1=O. The van der Waals surface area contributed by atoms with E-state index in [1.165, 1.54) is 11.8 Å². The number of carbonyl (C=O) groups excluding carboxylic acids is 16. The van der Waals surface area contributed by atoms with Crippen molar-refractivity contribution in [2.75, 3.05) is 58.2 Å². The van der Waals surface area contributed by atoms with Gasteiger partial charge in [-0.2, -0.15) is 0 Å². The molecule has 0 saturated carbocycles. The lowest BCUT2D eigenvalue weighted by Crippen LogP contribution is -2.55. The van der Waals surface area contributed by atoms with Crippen LogP contribution in [-0.4, -0.2) is 229 Å². The molecule has 2 unspecified atom stereocenters. The zero-order valence-electron chi connectivity index (χ0n) is 67.1. The normalized spacial score (nSPS) is 23.1. The van der Waals surface area contributed by atoms with Gasteiger partial charge >= 0.3 is 12.0 Å². The smallest absolute Gasteiger partial charge is 0.312 e. The molecular weight excluding hydrogens is 1530 g/mol. The number of aromatic nitrogens is 1. The Morgan fingerprint density at radius 3 is 2.09 bits per heavy atom. The Labute approximate surface area is 676 Å². The minimum absolute atomic E-state index is 0.0244. The lowest BCUT2D eigenvalue weighted by Gasteiger charge is -2.30. The third-order valence-corrected chi connectivity index (χ3v) is 23.5. The van der Waals surface area contributed by atoms with Gasteiger partial charge in [-0.05, 0) is 85.6 Å². The number of H-pyrrole nitrogens is 1. The minimum atomic E-state index is -2.39. The summed E-state index contributed by atoms with van der Waals surface area (Å²) in [7, 11) is -2.39. The fraction of sp³-hybridized carbons (Fsp3) is 0.630. The van der Waals surface area contributed by atoms with Crippen molar-refractivity contribution in [2.24, 2.45) is 52.9 Å². The molecule has 638 valence electrons. The number of imide groups is 1. The number of aromatic amines is 1. The van der Waals surface area contributed by atoms with Crippen LogP contribution in [0.15, 0.2) is 47.5 Å². The third kappa shape index (κ3) is 28.0. The summed E-state index contributed by atoms with van der Waals surface area (Å²) in [6.45, 7) is 7.44. The Balaban J connectivity index is 0.990. The van der Waals surface area contributed by atoms with E-state index in [1.54, 1.807) is 63.2 Å². The van der Waals surface area contributed by atoms with Gasteiger partial charge in [-0.15, -0.1) is 0 Å². The second-order valence-electron chi connectivity index (χ2n) is 31.5. The molecule has 2 bridgehead atoms. The molecule has 0 radical (unpaired) electrons. The molecule has 35 heteroatoms. The first-order valence-corrected chi connectivity index (χ1v) is 41.6. The van der Waals surface area contributed by atoms with Gasteiger partial charge in [0, 0.05) is 113 Å². The monoisotopic (exact) mass is 1640 g/mol. The van der Waals surface area contributed by atoms with E-state index >= 15 is 4.21 Å². The van der Waals surface area contributed by atoms with Crippen LogP contribution >= 0.6 is 0 Å². The number of nitrogens with one attached hydrogen (secondary N) is 8. The molecule has 2 fully saturated rings. The predicted molar refractivity (Wildman–Crippen MR) is 422 cm³/mol. The summed E-state index contributed by atoms with van der Waals surface area (Å²) in [6, 6.07) is 4.22. The van der Waals surface area contributed by atoms with Crippen LogP contribution in [0.25, 0.3) is 10.9 Å². The summed E-state index contributed by atoms with van der Waals surface area (Å²) in [5.41, 5.74) is 12.7. The van der Waals surface area contributed by atoms with Crippen LogP contribution in [0, 0.1) is 41.4 Å². The lowest BCUT2D eigenvalue weighted by atomic mass is 9.85. The number of aliphatic hydroxyl groups is 3.